The molecule has 0 radical (unpaired) electrons. The van der Waals surface area contributed by atoms with Gasteiger partial charge in [0.05, 0.1) is 0 Å². The topological polar surface area (TPSA) is 60.5 Å². The first-order valence-corrected chi connectivity index (χ1v) is 15.5. The number of carbonyl (C=O) groups excluding carboxylic acids is 1. The maximum absolute atomic E-state index is 13.7. The molecule has 41 heavy (non-hydrogen) atoms. The number of unbranched alkanes of at least 4 members (excludes halogenated alkanes) is 2. The molecule has 1 fully saturated rings. The van der Waals surface area contributed by atoms with Gasteiger partial charge >= 0.3 is 0 Å². The Balaban J connectivity index is 0.00000124. The molecular formula is C34H46ClN5O. The number of nitrogens with zero attached hydrogens (tertiary/aromatic N) is 3. The maximum atomic E-state index is 13.7. The van der Waals surface area contributed by atoms with Gasteiger partial charge in [0.15, 0.2) is 0 Å². The van der Waals surface area contributed by atoms with Crippen LogP contribution >= 0.6 is 11.6 Å². The zero-order chi connectivity index (χ0) is 29.2. The Morgan fingerprint density at radius 1 is 1.02 bits per heavy atom. The quantitative estimate of drug-likeness (QED) is 0.280. The molecule has 6 nitrogen and oxygen atoms in total. The smallest absolute Gasteiger partial charge is 0.247 e. The zero-order valence-corrected chi connectivity index (χ0v) is 25.9. The fraction of sp³-hybridized carbons (Fsp3) is 0.471. The van der Waals surface area contributed by atoms with Crippen LogP contribution in [-0.2, 0) is 24.2 Å². The van der Waals surface area contributed by atoms with Crippen LogP contribution in [0.1, 0.15) is 61.3 Å². The molecule has 220 valence electrons. The van der Waals surface area contributed by atoms with E-state index in [9.17, 15) is 4.79 Å². The lowest BCUT2D eigenvalue weighted by atomic mass is 10.0. The number of pyridine rings is 1. The van der Waals surface area contributed by atoms with Gasteiger partial charge in [0, 0.05) is 49.0 Å². The number of aryl methyl sites for hydroxylation is 2. The fourth-order valence-corrected chi connectivity index (χ4v) is 6.07. The second-order valence-electron chi connectivity index (χ2n) is 11.4. The average Bonchev–Trinajstić information content (AvgIpc) is 3.36. The van der Waals surface area contributed by atoms with Gasteiger partial charge in [0.1, 0.15) is 11.9 Å². The molecular weight excluding hydrogens is 530 g/mol. The Kier molecular flexibility index (Phi) is 11.6. The summed E-state index contributed by atoms with van der Waals surface area (Å²) in [5.74, 6) is 1.04. The van der Waals surface area contributed by atoms with Crippen molar-refractivity contribution in [3.05, 3.63) is 88.1 Å². The van der Waals surface area contributed by atoms with Crippen molar-refractivity contribution in [1.82, 2.24) is 15.2 Å². The number of benzene rings is 2. The molecule has 2 aliphatic rings. The summed E-state index contributed by atoms with van der Waals surface area (Å²) in [6.07, 6.45) is 9.26. The largest absolute Gasteiger partial charge is 0.341 e. The third-order valence-electron chi connectivity index (χ3n) is 8.01. The number of piperidine rings is 1. The Morgan fingerprint density at radius 2 is 1.80 bits per heavy atom. The molecule has 5 rings (SSSR count). The molecule has 3 heterocycles. The highest BCUT2D eigenvalue weighted by Gasteiger charge is 2.40. The van der Waals surface area contributed by atoms with Gasteiger partial charge in [0.2, 0.25) is 5.91 Å². The first-order valence-electron chi connectivity index (χ1n) is 15.1. The molecule has 1 atom stereocenters. The highest BCUT2D eigenvalue weighted by atomic mass is 35.5. The van der Waals surface area contributed by atoms with Crippen LogP contribution in [0.15, 0.2) is 60.8 Å². The minimum Gasteiger partial charge on any atom is -0.341 e. The van der Waals surface area contributed by atoms with Gasteiger partial charge in [-0.2, -0.15) is 0 Å². The summed E-state index contributed by atoms with van der Waals surface area (Å²) >= 11 is 6.22. The summed E-state index contributed by atoms with van der Waals surface area (Å²) in [7, 11) is 3.75. The number of fused-ring (bicyclic) bond motifs is 1. The van der Waals surface area contributed by atoms with Crippen LogP contribution in [0, 0.1) is 6.92 Å². The van der Waals surface area contributed by atoms with Gasteiger partial charge < -0.3 is 15.5 Å². The van der Waals surface area contributed by atoms with Crippen molar-refractivity contribution in [3.63, 3.8) is 0 Å². The molecule has 3 aromatic rings. The Morgan fingerprint density at radius 3 is 2.54 bits per heavy atom. The van der Waals surface area contributed by atoms with Crippen LogP contribution in [0.2, 0.25) is 5.02 Å². The van der Waals surface area contributed by atoms with Gasteiger partial charge in [-0.05, 0) is 93.2 Å². The van der Waals surface area contributed by atoms with E-state index in [1.807, 2.05) is 38.5 Å². The molecule has 7 heteroatoms. The van der Waals surface area contributed by atoms with E-state index in [1.54, 1.807) is 0 Å². The van der Waals surface area contributed by atoms with Crippen molar-refractivity contribution in [2.45, 2.75) is 77.4 Å². The number of hydrogen-bond acceptors (Lipinski definition) is 5. The van der Waals surface area contributed by atoms with Crippen molar-refractivity contribution in [1.29, 1.82) is 0 Å². The molecule has 2 aromatic carbocycles. The Labute approximate surface area is 251 Å². The third kappa shape index (κ3) is 8.31. The standard InChI is InChI=1S/C32H39ClN4O.C2H7N/c1-3-4-5-8-24-9-6-11-27(20-24)35-32(38)30-21-26-10-7-16-34-31(26)37(30)28-14-17-36(18-15-28)22-25-12-13-29(33)23(2)19-25;1-3-2/h6-7,9-13,16,19-20,28,30H,3-5,8,14-15,17-18,21-22H2,1-2H3,(H,35,38);3H,1-2H3. The molecule has 0 spiro atoms. The summed E-state index contributed by atoms with van der Waals surface area (Å²) in [5, 5.41) is 6.81. The summed E-state index contributed by atoms with van der Waals surface area (Å²) in [6, 6.07) is 18.8. The second kappa shape index (κ2) is 15.3. The second-order valence-corrected chi connectivity index (χ2v) is 11.8. The van der Waals surface area contributed by atoms with E-state index in [1.165, 1.54) is 36.0 Å². The number of amides is 1. The molecule has 0 bridgehead atoms. The monoisotopic (exact) mass is 575 g/mol. The third-order valence-corrected chi connectivity index (χ3v) is 8.43. The number of rotatable bonds is 9. The van der Waals surface area contributed by atoms with Crippen molar-refractivity contribution in [3.8, 4) is 0 Å². The molecule has 2 aliphatic heterocycles. The van der Waals surface area contributed by atoms with Gasteiger partial charge in [-0.25, -0.2) is 4.98 Å². The predicted molar refractivity (Wildman–Crippen MR) is 172 cm³/mol. The van der Waals surface area contributed by atoms with Crippen LogP contribution in [-0.4, -0.2) is 55.1 Å². The summed E-state index contributed by atoms with van der Waals surface area (Å²) < 4.78 is 0. The lowest BCUT2D eigenvalue weighted by molar-refractivity contribution is -0.117. The van der Waals surface area contributed by atoms with Crippen molar-refractivity contribution in [2.75, 3.05) is 37.4 Å². The lowest BCUT2D eigenvalue weighted by Gasteiger charge is -2.40. The average molecular weight is 576 g/mol. The SMILES string of the molecule is CCCCCc1cccc(NC(=O)C2Cc3cccnc3N2C2CCN(Cc3ccc(Cl)c(C)c3)CC2)c1.CNC. The fourth-order valence-electron chi connectivity index (χ4n) is 5.95. The van der Waals surface area contributed by atoms with Crippen molar-refractivity contribution >= 4 is 29.0 Å². The van der Waals surface area contributed by atoms with Gasteiger partial charge in [-0.15, -0.1) is 0 Å². The van der Waals surface area contributed by atoms with Crippen LogP contribution in [0.4, 0.5) is 11.5 Å². The van der Waals surface area contributed by atoms with Crippen LogP contribution in [0.25, 0.3) is 0 Å². The van der Waals surface area contributed by atoms with Gasteiger partial charge in [-0.3, -0.25) is 9.69 Å². The lowest BCUT2D eigenvalue weighted by Crippen LogP contribution is -2.51. The number of aromatic nitrogens is 1. The van der Waals surface area contributed by atoms with Crippen molar-refractivity contribution in [2.24, 2.45) is 0 Å². The predicted octanol–water partition coefficient (Wildman–Crippen LogP) is 6.65. The number of hydrogen-bond donors (Lipinski definition) is 2. The van der Waals surface area contributed by atoms with Gasteiger partial charge in [-0.1, -0.05) is 61.7 Å². The Bertz CT molecular complexity index is 1270. The van der Waals surface area contributed by atoms with Crippen molar-refractivity contribution < 1.29 is 4.79 Å². The normalized spacial score (nSPS) is 17.1. The minimum absolute atomic E-state index is 0.0628. The first kappa shape index (κ1) is 31.0. The maximum Gasteiger partial charge on any atom is 0.247 e. The number of halogens is 1. The highest BCUT2D eigenvalue weighted by molar-refractivity contribution is 6.31. The number of nitrogens with one attached hydrogen (secondary N) is 2. The summed E-state index contributed by atoms with van der Waals surface area (Å²) in [4.78, 5) is 23.2. The molecule has 0 saturated carbocycles. The zero-order valence-electron chi connectivity index (χ0n) is 25.1. The van der Waals surface area contributed by atoms with E-state index < -0.39 is 0 Å². The molecule has 2 N–H and O–H groups in total. The van der Waals surface area contributed by atoms with E-state index in [4.69, 9.17) is 16.6 Å². The number of anilines is 2. The van der Waals surface area contributed by atoms with Gasteiger partial charge in [0.25, 0.3) is 0 Å². The summed E-state index contributed by atoms with van der Waals surface area (Å²) in [6.45, 7) is 7.21. The summed E-state index contributed by atoms with van der Waals surface area (Å²) in [5.41, 5.74) is 5.76. The van der Waals surface area contributed by atoms with Crippen LogP contribution < -0.4 is 15.5 Å². The molecule has 1 saturated heterocycles. The minimum atomic E-state index is -0.237. The van der Waals surface area contributed by atoms with E-state index in [0.29, 0.717) is 12.5 Å². The molecule has 1 amide bonds. The van der Waals surface area contributed by atoms with E-state index in [0.717, 1.165) is 61.0 Å². The first-order chi connectivity index (χ1) is 19.9. The van der Waals surface area contributed by atoms with E-state index in [-0.39, 0.29) is 11.9 Å². The highest BCUT2D eigenvalue weighted by Crippen LogP contribution is 2.35. The van der Waals surface area contributed by atoms with E-state index in [2.05, 4.69) is 70.7 Å². The number of carbonyl (C=O) groups is 1. The molecule has 0 aliphatic carbocycles. The van der Waals surface area contributed by atoms with Crippen LogP contribution in [0.3, 0.4) is 0 Å². The molecule has 1 aromatic heterocycles. The number of likely N-dealkylation sites (tertiary alicyclic amines) is 1. The van der Waals surface area contributed by atoms with E-state index >= 15 is 0 Å². The van der Waals surface area contributed by atoms with Crippen LogP contribution in [0.5, 0.6) is 0 Å². The molecule has 1 unspecified atom stereocenters. The Hall–Kier alpha value is -2.93.